The van der Waals surface area contributed by atoms with Gasteiger partial charge in [-0.15, -0.1) is 0 Å². The van der Waals surface area contributed by atoms with Crippen molar-refractivity contribution in [1.82, 2.24) is 0 Å². The molecule has 0 unspecified atom stereocenters. The summed E-state index contributed by atoms with van der Waals surface area (Å²) in [7, 11) is 6.35. The summed E-state index contributed by atoms with van der Waals surface area (Å²) >= 11 is 0. The van der Waals surface area contributed by atoms with Crippen molar-refractivity contribution in [2.45, 2.75) is 46.0 Å². The molecule has 2 aromatic rings. The van der Waals surface area contributed by atoms with Crippen LogP contribution in [0.15, 0.2) is 23.4 Å². The second kappa shape index (κ2) is 11.3. The van der Waals surface area contributed by atoms with Crippen LogP contribution in [0.4, 0.5) is 0 Å². The Morgan fingerprint density at radius 2 is 1.50 bits per heavy atom. The SMILES string of the molecule is CCCCCC(=O)ON=C(CC)c1cc(OC)c2c(OC)ccc(OC)c2c1OC. The number of fused-ring (bicyclic) bond motifs is 1. The summed E-state index contributed by atoms with van der Waals surface area (Å²) < 4.78 is 22.5. The zero-order valence-corrected chi connectivity index (χ0v) is 18.7. The Bertz CT molecular complexity index is 906. The molecule has 164 valence electrons. The highest BCUT2D eigenvalue weighted by Gasteiger charge is 2.23. The van der Waals surface area contributed by atoms with E-state index in [1.807, 2.05) is 25.1 Å². The first kappa shape index (κ1) is 23.3. The fraction of sp³-hybridized carbons (Fsp3) is 0.478. The third kappa shape index (κ3) is 4.96. The minimum Gasteiger partial charge on any atom is -0.496 e. The molecule has 30 heavy (non-hydrogen) atoms. The van der Waals surface area contributed by atoms with Crippen molar-refractivity contribution < 1.29 is 28.6 Å². The van der Waals surface area contributed by atoms with E-state index in [-0.39, 0.29) is 5.97 Å². The molecule has 0 N–H and O–H groups in total. The number of nitrogens with zero attached hydrogens (tertiary/aromatic N) is 1. The minimum atomic E-state index is -0.347. The Morgan fingerprint density at radius 3 is 2.03 bits per heavy atom. The van der Waals surface area contributed by atoms with Gasteiger partial charge in [-0.05, 0) is 31.0 Å². The van der Waals surface area contributed by atoms with Gasteiger partial charge in [0.25, 0.3) is 0 Å². The number of benzene rings is 2. The lowest BCUT2D eigenvalue weighted by atomic mass is 9.98. The van der Waals surface area contributed by atoms with Gasteiger partial charge in [0.2, 0.25) is 0 Å². The monoisotopic (exact) mass is 417 g/mol. The number of unbranched alkanes of at least 4 members (excludes halogenated alkanes) is 2. The van der Waals surface area contributed by atoms with E-state index in [4.69, 9.17) is 23.8 Å². The van der Waals surface area contributed by atoms with Crippen molar-refractivity contribution in [3.05, 3.63) is 23.8 Å². The molecule has 7 heteroatoms. The van der Waals surface area contributed by atoms with Crippen LogP contribution in [0, 0.1) is 0 Å². The maximum absolute atomic E-state index is 12.0. The van der Waals surface area contributed by atoms with E-state index >= 15 is 0 Å². The first-order valence-corrected chi connectivity index (χ1v) is 10.1. The highest BCUT2D eigenvalue weighted by Crippen LogP contribution is 2.46. The third-order valence-corrected chi connectivity index (χ3v) is 4.87. The van der Waals surface area contributed by atoms with E-state index in [0.717, 1.165) is 24.6 Å². The Morgan fingerprint density at radius 1 is 0.867 bits per heavy atom. The number of hydrogen-bond acceptors (Lipinski definition) is 7. The molecule has 0 fully saturated rings. The van der Waals surface area contributed by atoms with E-state index < -0.39 is 0 Å². The number of oxime groups is 1. The number of rotatable bonds is 11. The summed E-state index contributed by atoms with van der Waals surface area (Å²) in [5, 5.41) is 5.57. The number of hydrogen-bond donors (Lipinski definition) is 0. The first-order chi connectivity index (χ1) is 14.6. The lowest BCUT2D eigenvalue weighted by molar-refractivity contribution is -0.143. The highest BCUT2D eigenvalue weighted by atomic mass is 16.7. The van der Waals surface area contributed by atoms with Gasteiger partial charge in [0, 0.05) is 12.0 Å². The van der Waals surface area contributed by atoms with Gasteiger partial charge in [-0.25, -0.2) is 4.79 Å². The van der Waals surface area contributed by atoms with Crippen molar-refractivity contribution >= 4 is 22.5 Å². The van der Waals surface area contributed by atoms with Crippen LogP contribution in [-0.4, -0.2) is 40.1 Å². The summed E-state index contributed by atoms with van der Waals surface area (Å²) in [5.41, 5.74) is 1.23. The Hall–Kier alpha value is -2.96. The Balaban J connectivity index is 2.62. The quantitative estimate of drug-likeness (QED) is 0.219. The lowest BCUT2D eigenvalue weighted by Crippen LogP contribution is -2.08. The average Bonchev–Trinajstić information content (AvgIpc) is 2.78. The highest BCUT2D eigenvalue weighted by molar-refractivity contribution is 6.12. The molecular formula is C23H31NO6. The smallest absolute Gasteiger partial charge is 0.335 e. The van der Waals surface area contributed by atoms with E-state index in [2.05, 4.69) is 12.1 Å². The predicted molar refractivity (Wildman–Crippen MR) is 117 cm³/mol. The van der Waals surface area contributed by atoms with E-state index in [0.29, 0.717) is 52.5 Å². The van der Waals surface area contributed by atoms with E-state index in [1.165, 1.54) is 0 Å². The van der Waals surface area contributed by atoms with Gasteiger partial charge in [-0.3, -0.25) is 0 Å². The maximum atomic E-state index is 12.0. The molecule has 0 aliphatic carbocycles. The van der Waals surface area contributed by atoms with Gasteiger partial charge >= 0.3 is 5.97 Å². The molecular weight excluding hydrogens is 386 g/mol. The second-order valence-electron chi connectivity index (χ2n) is 6.69. The van der Waals surface area contributed by atoms with Gasteiger partial charge in [0.15, 0.2) is 0 Å². The molecule has 0 bridgehead atoms. The summed E-state index contributed by atoms with van der Waals surface area (Å²) in [6.07, 6.45) is 3.68. The molecule has 0 aliphatic rings. The Labute approximate surface area is 177 Å². The van der Waals surface area contributed by atoms with Crippen LogP contribution in [0.3, 0.4) is 0 Å². The van der Waals surface area contributed by atoms with Crippen LogP contribution < -0.4 is 18.9 Å². The number of ether oxygens (including phenoxy) is 4. The van der Waals surface area contributed by atoms with E-state index in [1.54, 1.807) is 28.4 Å². The fourth-order valence-corrected chi connectivity index (χ4v) is 3.34. The van der Waals surface area contributed by atoms with Gasteiger partial charge in [-0.2, -0.15) is 0 Å². The zero-order chi connectivity index (χ0) is 22.1. The summed E-state index contributed by atoms with van der Waals surface area (Å²) in [6, 6.07) is 5.44. The van der Waals surface area contributed by atoms with Gasteiger partial charge in [0.1, 0.15) is 23.0 Å². The summed E-state index contributed by atoms with van der Waals surface area (Å²) in [5.74, 6) is 2.01. The Kier molecular flexibility index (Phi) is 8.77. The zero-order valence-electron chi connectivity index (χ0n) is 18.7. The molecule has 0 aromatic heterocycles. The minimum absolute atomic E-state index is 0.345. The van der Waals surface area contributed by atoms with Crippen molar-refractivity contribution in [3.8, 4) is 23.0 Å². The molecule has 0 spiro atoms. The lowest BCUT2D eigenvalue weighted by Gasteiger charge is -2.19. The standard InChI is InChI=1S/C23H31NO6/c1-7-9-10-11-20(25)30-24-16(8-2)15-14-19(28-5)21-17(26-3)12-13-18(27-4)22(21)23(15)29-6/h12-14H,7-11H2,1-6H3. The molecule has 0 radical (unpaired) electrons. The number of methoxy groups -OCH3 is 4. The van der Waals surface area contributed by atoms with Crippen LogP contribution in [0.5, 0.6) is 23.0 Å². The largest absolute Gasteiger partial charge is 0.496 e. The molecule has 2 rings (SSSR count). The third-order valence-electron chi connectivity index (χ3n) is 4.87. The van der Waals surface area contributed by atoms with Crippen LogP contribution in [0.2, 0.25) is 0 Å². The first-order valence-electron chi connectivity index (χ1n) is 10.1. The van der Waals surface area contributed by atoms with Crippen molar-refractivity contribution in [2.75, 3.05) is 28.4 Å². The number of carbonyl (C=O) groups is 1. The normalized spacial score (nSPS) is 11.3. The molecule has 0 heterocycles. The number of carbonyl (C=O) groups excluding carboxylic acids is 1. The van der Waals surface area contributed by atoms with E-state index in [9.17, 15) is 4.79 Å². The molecule has 2 aromatic carbocycles. The molecule has 0 aliphatic heterocycles. The summed E-state index contributed by atoms with van der Waals surface area (Å²) in [6.45, 7) is 4.02. The van der Waals surface area contributed by atoms with Gasteiger partial charge < -0.3 is 23.8 Å². The molecule has 0 atom stereocenters. The summed E-state index contributed by atoms with van der Waals surface area (Å²) in [4.78, 5) is 17.2. The van der Waals surface area contributed by atoms with Crippen molar-refractivity contribution in [1.29, 1.82) is 0 Å². The average molecular weight is 418 g/mol. The molecule has 0 saturated heterocycles. The topological polar surface area (TPSA) is 75.6 Å². The van der Waals surface area contributed by atoms with Crippen molar-refractivity contribution in [2.24, 2.45) is 5.16 Å². The predicted octanol–water partition coefficient (Wildman–Crippen LogP) is 5.11. The second-order valence-corrected chi connectivity index (χ2v) is 6.69. The molecule has 0 saturated carbocycles. The van der Waals surface area contributed by atoms with Crippen LogP contribution >= 0.6 is 0 Å². The van der Waals surface area contributed by atoms with Crippen LogP contribution in [0.1, 0.15) is 51.5 Å². The van der Waals surface area contributed by atoms with Crippen LogP contribution in [0.25, 0.3) is 10.8 Å². The molecule has 0 amide bonds. The maximum Gasteiger partial charge on any atom is 0.335 e. The van der Waals surface area contributed by atoms with Crippen molar-refractivity contribution in [3.63, 3.8) is 0 Å². The van der Waals surface area contributed by atoms with Crippen LogP contribution in [-0.2, 0) is 9.63 Å². The fourth-order valence-electron chi connectivity index (χ4n) is 3.34. The molecule has 7 nitrogen and oxygen atoms in total. The van der Waals surface area contributed by atoms with Gasteiger partial charge in [0.05, 0.1) is 44.9 Å². The van der Waals surface area contributed by atoms with Gasteiger partial charge in [-0.1, -0.05) is 31.8 Å².